The Morgan fingerprint density at radius 1 is 1.03 bits per heavy atom. The number of amides is 3. The van der Waals surface area contributed by atoms with Gasteiger partial charge in [-0.3, -0.25) is 9.69 Å². The van der Waals surface area contributed by atoms with Gasteiger partial charge in [0, 0.05) is 39.0 Å². The third kappa shape index (κ3) is 5.10. The van der Waals surface area contributed by atoms with Gasteiger partial charge in [-0.25, -0.2) is 4.79 Å². The quantitative estimate of drug-likeness (QED) is 0.278. The first kappa shape index (κ1) is 25.8. The molecule has 0 atom stereocenters. The lowest BCUT2D eigenvalue weighted by molar-refractivity contribution is -0.137. The van der Waals surface area contributed by atoms with Gasteiger partial charge in [-0.2, -0.15) is 0 Å². The molecule has 38 heavy (non-hydrogen) atoms. The van der Waals surface area contributed by atoms with E-state index in [1.807, 2.05) is 45.9 Å². The van der Waals surface area contributed by atoms with Crippen molar-refractivity contribution in [1.29, 1.82) is 0 Å². The molecule has 5 rings (SSSR count). The van der Waals surface area contributed by atoms with Gasteiger partial charge in [-0.1, -0.05) is 56.2 Å². The summed E-state index contributed by atoms with van der Waals surface area (Å²) in [6.45, 7) is 4.14. The number of phenols is 1. The molecule has 0 spiro atoms. The van der Waals surface area contributed by atoms with Crippen LogP contribution in [0.15, 0.2) is 54.6 Å². The maximum absolute atomic E-state index is 13.8. The van der Waals surface area contributed by atoms with E-state index in [2.05, 4.69) is 18.2 Å². The summed E-state index contributed by atoms with van der Waals surface area (Å²) in [4.78, 5) is 42.1. The molecule has 0 bridgehead atoms. The lowest BCUT2D eigenvalue weighted by Gasteiger charge is -2.48. The van der Waals surface area contributed by atoms with Crippen molar-refractivity contribution in [3.8, 4) is 16.9 Å². The fraction of sp³-hybridized carbons (Fsp3) is 0.387. The Hall–Kier alpha value is -3.87. The molecule has 0 saturated carbocycles. The Labute approximate surface area is 223 Å². The van der Waals surface area contributed by atoms with Crippen molar-refractivity contribution < 1.29 is 19.5 Å². The molecule has 3 aromatic rings. The number of aromatic hydroxyl groups is 1. The molecule has 198 valence electrons. The summed E-state index contributed by atoms with van der Waals surface area (Å²) in [5.74, 6) is 0.336. The van der Waals surface area contributed by atoms with Crippen molar-refractivity contribution in [2.45, 2.75) is 58.0 Å². The number of likely N-dealkylation sites (tertiary alicyclic amines) is 1. The second-order valence-electron chi connectivity index (χ2n) is 10.3. The third-order valence-electron chi connectivity index (χ3n) is 7.76. The zero-order valence-electron chi connectivity index (χ0n) is 21.9. The molecule has 0 aromatic heterocycles. The summed E-state index contributed by atoms with van der Waals surface area (Å²) in [6, 6.07) is 17.8. The van der Waals surface area contributed by atoms with E-state index in [0.29, 0.717) is 39.0 Å². The molecule has 2 aliphatic heterocycles. The van der Waals surface area contributed by atoms with E-state index >= 15 is 0 Å². The Morgan fingerprint density at radius 3 is 2.61 bits per heavy atom. The van der Waals surface area contributed by atoms with Crippen LogP contribution in [0.1, 0.15) is 51.0 Å². The van der Waals surface area contributed by atoms with Crippen molar-refractivity contribution in [2.24, 2.45) is 0 Å². The van der Waals surface area contributed by atoms with Gasteiger partial charge in [-0.05, 0) is 58.5 Å². The van der Waals surface area contributed by atoms with Crippen LogP contribution in [-0.2, 0) is 16.1 Å². The topological polar surface area (TPSA) is 81.2 Å². The van der Waals surface area contributed by atoms with E-state index < -0.39 is 0 Å². The number of rotatable bonds is 10. The highest BCUT2D eigenvalue weighted by Crippen LogP contribution is 2.38. The van der Waals surface area contributed by atoms with Crippen LogP contribution in [-0.4, -0.2) is 58.8 Å². The molecule has 1 N–H and O–H groups in total. The van der Waals surface area contributed by atoms with E-state index in [0.717, 1.165) is 65.1 Å². The first-order valence-electron chi connectivity index (χ1n) is 13.6. The molecule has 7 heteroatoms. The van der Waals surface area contributed by atoms with Crippen LogP contribution in [0, 0.1) is 0 Å². The molecule has 3 amide bonds. The van der Waals surface area contributed by atoms with Gasteiger partial charge in [-0.15, -0.1) is 0 Å². The molecule has 3 aromatic carbocycles. The number of anilines is 1. The van der Waals surface area contributed by atoms with Gasteiger partial charge in [0.2, 0.25) is 5.91 Å². The monoisotopic (exact) mass is 513 g/mol. The number of phenolic OH excluding ortho intramolecular Hbond substituents is 1. The second kappa shape index (κ2) is 11.3. The van der Waals surface area contributed by atoms with Crippen molar-refractivity contribution in [3.05, 3.63) is 60.2 Å². The number of benzene rings is 3. The highest BCUT2D eigenvalue weighted by atomic mass is 16.3. The lowest BCUT2D eigenvalue weighted by atomic mass is 9.94. The van der Waals surface area contributed by atoms with E-state index in [9.17, 15) is 19.5 Å². The number of aldehydes is 1. The van der Waals surface area contributed by atoms with E-state index in [1.54, 1.807) is 12.1 Å². The van der Waals surface area contributed by atoms with Gasteiger partial charge in [0.25, 0.3) is 0 Å². The third-order valence-corrected chi connectivity index (χ3v) is 7.76. The van der Waals surface area contributed by atoms with Gasteiger partial charge >= 0.3 is 6.03 Å². The highest BCUT2D eigenvalue weighted by molar-refractivity contribution is 6.00. The number of hydrogen-bond donors (Lipinski definition) is 1. The Bertz CT molecular complexity index is 1350. The molecule has 2 heterocycles. The Morgan fingerprint density at radius 2 is 1.82 bits per heavy atom. The summed E-state index contributed by atoms with van der Waals surface area (Å²) in [5, 5.41) is 12.4. The van der Waals surface area contributed by atoms with Gasteiger partial charge in [0.15, 0.2) is 0 Å². The summed E-state index contributed by atoms with van der Waals surface area (Å²) < 4.78 is 0. The average Bonchev–Trinajstić information content (AvgIpc) is 2.90. The Balaban J connectivity index is 1.44. The average molecular weight is 514 g/mol. The van der Waals surface area contributed by atoms with Crippen LogP contribution in [0.5, 0.6) is 5.75 Å². The van der Waals surface area contributed by atoms with Crippen molar-refractivity contribution in [2.75, 3.05) is 24.5 Å². The molecular weight excluding hydrogens is 478 g/mol. The fourth-order valence-electron chi connectivity index (χ4n) is 5.59. The van der Waals surface area contributed by atoms with E-state index in [4.69, 9.17) is 0 Å². The number of urea groups is 1. The maximum atomic E-state index is 13.8. The van der Waals surface area contributed by atoms with Crippen molar-refractivity contribution in [3.63, 3.8) is 0 Å². The Kier molecular flexibility index (Phi) is 7.63. The van der Waals surface area contributed by atoms with Crippen molar-refractivity contribution >= 4 is 34.7 Å². The zero-order valence-corrected chi connectivity index (χ0v) is 21.9. The largest absolute Gasteiger partial charge is 0.508 e. The van der Waals surface area contributed by atoms with Crippen molar-refractivity contribution in [1.82, 2.24) is 9.80 Å². The predicted octanol–water partition coefficient (Wildman–Crippen LogP) is 5.72. The van der Waals surface area contributed by atoms with Crippen LogP contribution in [0.2, 0.25) is 0 Å². The summed E-state index contributed by atoms with van der Waals surface area (Å²) in [7, 11) is 0. The maximum Gasteiger partial charge on any atom is 0.325 e. The second-order valence-corrected chi connectivity index (χ2v) is 10.3. The normalized spacial score (nSPS) is 15.5. The number of carbonyl (C=O) groups is 3. The van der Waals surface area contributed by atoms with Crippen LogP contribution >= 0.6 is 0 Å². The molecule has 7 nitrogen and oxygen atoms in total. The van der Waals surface area contributed by atoms with Crippen LogP contribution in [0.4, 0.5) is 10.5 Å². The molecule has 0 aliphatic carbocycles. The minimum atomic E-state index is -0.0168. The lowest BCUT2D eigenvalue weighted by Crippen LogP contribution is -2.64. The minimum Gasteiger partial charge on any atom is -0.508 e. The fourth-order valence-corrected chi connectivity index (χ4v) is 5.59. The summed E-state index contributed by atoms with van der Waals surface area (Å²) in [6.07, 6.45) is 5.65. The standard InChI is InChI=1S/C31H35N3O4/c1-2-30(37)32-20-25(21-32)34-19-24-13-12-23(28-18-26(36)16-22-10-6-7-11-27(22)28)17-29(24)33(31(34)38)14-8-4-3-5-9-15-35/h6-7,10-13,15-18,25,36H,2-5,8-9,14,19-21H2,1H3. The van der Waals surface area contributed by atoms with Gasteiger partial charge < -0.3 is 19.7 Å². The van der Waals surface area contributed by atoms with Gasteiger partial charge in [0.05, 0.1) is 11.7 Å². The molecular formula is C31H35N3O4. The molecule has 0 unspecified atom stereocenters. The smallest absolute Gasteiger partial charge is 0.325 e. The number of unbranched alkanes of at least 4 members (excludes halogenated alkanes) is 4. The number of hydrogen-bond acceptors (Lipinski definition) is 4. The van der Waals surface area contributed by atoms with E-state index in [1.165, 1.54) is 0 Å². The van der Waals surface area contributed by atoms with E-state index in [-0.39, 0.29) is 23.7 Å². The SMILES string of the molecule is CCC(=O)N1CC(N2Cc3ccc(-c4cc(O)cc5ccccc45)cc3N(CCCCCCC=O)C2=O)C1. The summed E-state index contributed by atoms with van der Waals surface area (Å²) in [5.41, 5.74) is 3.88. The predicted molar refractivity (Wildman–Crippen MR) is 149 cm³/mol. The number of fused-ring (bicyclic) bond motifs is 2. The van der Waals surface area contributed by atoms with Crippen LogP contribution in [0.3, 0.4) is 0 Å². The van der Waals surface area contributed by atoms with Crippen LogP contribution < -0.4 is 4.90 Å². The zero-order chi connectivity index (χ0) is 26.6. The first-order valence-corrected chi connectivity index (χ1v) is 13.6. The summed E-state index contributed by atoms with van der Waals surface area (Å²) >= 11 is 0. The van der Waals surface area contributed by atoms with Crippen LogP contribution in [0.25, 0.3) is 21.9 Å². The number of carbonyl (C=O) groups excluding carboxylic acids is 3. The highest BCUT2D eigenvalue weighted by Gasteiger charge is 2.41. The first-order chi connectivity index (χ1) is 18.5. The molecule has 1 saturated heterocycles. The molecule has 2 aliphatic rings. The minimum absolute atomic E-state index is 0.0168. The number of nitrogens with zero attached hydrogens (tertiary/aromatic N) is 3. The van der Waals surface area contributed by atoms with Gasteiger partial charge in [0.1, 0.15) is 12.0 Å². The molecule has 0 radical (unpaired) electrons. The molecule has 1 fully saturated rings.